The van der Waals surface area contributed by atoms with Gasteiger partial charge in [-0.25, -0.2) is 0 Å². The normalized spacial score (nSPS) is 11.9. The van der Waals surface area contributed by atoms with Crippen molar-refractivity contribution in [3.63, 3.8) is 0 Å². The molecule has 5 nitrogen and oxygen atoms in total. The number of aryl methyl sites for hydroxylation is 1. The average molecular weight is 525 g/mol. The molecular formula is C25H29N2NaO3S3. The van der Waals surface area contributed by atoms with Crippen molar-refractivity contribution in [2.75, 3.05) is 6.61 Å². The van der Waals surface area contributed by atoms with Crippen LogP contribution in [0.4, 0.5) is 0 Å². The van der Waals surface area contributed by atoms with Crippen molar-refractivity contribution in [3.05, 3.63) is 81.2 Å². The number of hydrogen-bond donors (Lipinski definition) is 0. The number of benzene rings is 1. The zero-order valence-electron chi connectivity index (χ0n) is 20.1. The van der Waals surface area contributed by atoms with Gasteiger partial charge in [-0.3, -0.25) is 4.18 Å². The molecule has 0 aliphatic carbocycles. The van der Waals surface area contributed by atoms with E-state index in [0.29, 0.717) is 24.7 Å². The maximum Gasteiger partial charge on any atom is 1.00 e. The monoisotopic (exact) mass is 524 g/mol. The summed E-state index contributed by atoms with van der Waals surface area (Å²) in [6.45, 7) is 11.1. The van der Waals surface area contributed by atoms with E-state index in [0.717, 1.165) is 12.0 Å². The molecule has 0 spiro atoms. The van der Waals surface area contributed by atoms with Gasteiger partial charge in [0.25, 0.3) is 10.1 Å². The Balaban J connectivity index is 0.000000663. The van der Waals surface area contributed by atoms with E-state index >= 15 is 0 Å². The molecule has 1 aromatic carbocycles. The zero-order valence-corrected chi connectivity index (χ0v) is 24.6. The second-order valence-electron chi connectivity index (χ2n) is 7.49. The van der Waals surface area contributed by atoms with Gasteiger partial charge in [-0.1, -0.05) is 31.5 Å². The van der Waals surface area contributed by atoms with Gasteiger partial charge >= 0.3 is 29.6 Å². The van der Waals surface area contributed by atoms with E-state index in [4.69, 9.17) is 21.3 Å². The topological polar surface area (TPSA) is 90.9 Å². The third kappa shape index (κ3) is 11.8. The minimum absolute atomic E-state index is 0. The van der Waals surface area contributed by atoms with Crippen molar-refractivity contribution in [3.8, 4) is 6.07 Å². The molecule has 0 amide bonds. The van der Waals surface area contributed by atoms with Crippen LogP contribution in [0.2, 0.25) is 0 Å². The molecule has 0 aliphatic rings. The minimum Gasteiger partial charge on any atom is -0.512 e. The molecule has 0 bridgehead atoms. The van der Waals surface area contributed by atoms with Crippen LogP contribution in [0.15, 0.2) is 62.8 Å². The molecule has 2 unspecified atom stereocenters. The summed E-state index contributed by atoms with van der Waals surface area (Å²) in [5.74, 6) is 0.843. The van der Waals surface area contributed by atoms with E-state index in [1.54, 1.807) is 46.9 Å². The summed E-state index contributed by atoms with van der Waals surface area (Å²) in [6.07, 6.45) is 2.33. The van der Waals surface area contributed by atoms with Crippen molar-refractivity contribution < 1.29 is 42.2 Å². The Kier molecular flexibility index (Phi) is 17.1. The Bertz CT molecular complexity index is 1070. The fourth-order valence-electron chi connectivity index (χ4n) is 2.83. The minimum atomic E-state index is -3.64. The first-order chi connectivity index (χ1) is 15.8. The summed E-state index contributed by atoms with van der Waals surface area (Å²) in [4.78, 5) is 0.214. The van der Waals surface area contributed by atoms with Crippen LogP contribution >= 0.6 is 22.7 Å². The molecule has 0 saturated carbocycles. The van der Waals surface area contributed by atoms with Gasteiger partial charge in [0.05, 0.1) is 17.6 Å². The van der Waals surface area contributed by atoms with Crippen LogP contribution in [0.25, 0.3) is 0 Å². The van der Waals surface area contributed by atoms with Gasteiger partial charge in [-0.2, -0.15) is 36.4 Å². The second-order valence-corrected chi connectivity index (χ2v) is 10.7. The quantitative estimate of drug-likeness (QED) is 0.238. The van der Waals surface area contributed by atoms with Gasteiger partial charge in [0.1, 0.15) is 0 Å². The number of nitriles is 1. The van der Waals surface area contributed by atoms with Gasteiger partial charge in [0.15, 0.2) is 0 Å². The molecule has 0 fully saturated rings. The molecule has 34 heavy (non-hydrogen) atoms. The molecule has 0 N–H and O–H groups in total. The van der Waals surface area contributed by atoms with Crippen LogP contribution in [0.1, 0.15) is 61.6 Å². The average Bonchev–Trinajstić information content (AvgIpc) is 3.54. The Hall–Kier alpha value is -1.49. The Morgan fingerprint density at radius 3 is 1.88 bits per heavy atom. The van der Waals surface area contributed by atoms with Crippen molar-refractivity contribution in [1.29, 1.82) is 10.5 Å². The molecule has 2 heterocycles. The van der Waals surface area contributed by atoms with Crippen LogP contribution in [0.3, 0.4) is 0 Å². The van der Waals surface area contributed by atoms with E-state index in [1.165, 1.54) is 11.1 Å². The van der Waals surface area contributed by atoms with Crippen LogP contribution < -0.4 is 29.6 Å². The van der Waals surface area contributed by atoms with Crippen LogP contribution in [-0.4, -0.2) is 15.0 Å². The predicted molar refractivity (Wildman–Crippen MR) is 134 cm³/mol. The maximum atomic E-state index is 12.0. The Labute approximate surface area is 234 Å². The maximum absolute atomic E-state index is 12.0. The number of hydrogen-bond acceptors (Lipinski definition) is 7. The molecule has 3 aromatic rings. The molecular weight excluding hydrogens is 495 g/mol. The van der Waals surface area contributed by atoms with Gasteiger partial charge in [-0.15, -0.1) is 0 Å². The molecule has 0 aliphatic heterocycles. The second kappa shape index (κ2) is 17.9. The van der Waals surface area contributed by atoms with Crippen molar-refractivity contribution in [2.24, 2.45) is 0 Å². The molecule has 2 aromatic heterocycles. The molecule has 0 saturated heterocycles. The van der Waals surface area contributed by atoms with Gasteiger partial charge in [0, 0.05) is 6.42 Å². The number of nitrogens with zero attached hydrogens (tertiary/aromatic N) is 2. The first-order valence-electron chi connectivity index (χ1n) is 10.4. The van der Waals surface area contributed by atoms with E-state index in [9.17, 15) is 8.42 Å². The summed E-state index contributed by atoms with van der Waals surface area (Å²) in [6, 6.07) is 13.0. The Morgan fingerprint density at radius 2 is 1.44 bits per heavy atom. The Morgan fingerprint density at radius 1 is 0.941 bits per heavy atom. The molecule has 9 heteroatoms. The van der Waals surface area contributed by atoms with E-state index in [-0.39, 0.29) is 41.1 Å². The predicted octanol–water partition coefficient (Wildman–Crippen LogP) is 4.21. The third-order valence-corrected chi connectivity index (χ3v) is 7.74. The third-order valence-electron chi connectivity index (χ3n) is 5.01. The van der Waals surface area contributed by atoms with Gasteiger partial charge in [-0.05, 0) is 88.5 Å². The largest absolute Gasteiger partial charge is 1.00 e. The van der Waals surface area contributed by atoms with Crippen molar-refractivity contribution in [1.82, 2.24) is 0 Å². The summed E-state index contributed by atoms with van der Waals surface area (Å²) < 4.78 is 29.1. The fraction of sp³-hybridized carbons (Fsp3) is 0.360. The summed E-state index contributed by atoms with van der Waals surface area (Å²) in [5, 5.41) is 23.0. The summed E-state index contributed by atoms with van der Waals surface area (Å²) in [7, 11) is -3.64. The van der Waals surface area contributed by atoms with Crippen LogP contribution in [0.5, 0.6) is 0 Å². The van der Waals surface area contributed by atoms with E-state index in [2.05, 4.69) is 48.2 Å². The van der Waals surface area contributed by atoms with Crippen LogP contribution in [0, 0.1) is 30.1 Å². The number of thiophene rings is 2. The molecule has 3 rings (SSSR count). The van der Waals surface area contributed by atoms with E-state index in [1.807, 2.05) is 12.3 Å². The van der Waals surface area contributed by atoms with Crippen molar-refractivity contribution >= 4 is 32.8 Å². The SMILES string of the molecule is CC(CCC#N)c1ccsc1.Cc1ccc(S(=O)(=O)OCCC(C)c2ccsc2)cc1.[C-]#N.[Na+]. The number of rotatable bonds is 9. The fourth-order valence-corrected chi connectivity index (χ4v) is 5.32. The summed E-state index contributed by atoms with van der Waals surface area (Å²) in [5.41, 5.74) is 3.62. The van der Waals surface area contributed by atoms with E-state index < -0.39 is 10.1 Å². The van der Waals surface area contributed by atoms with Crippen LogP contribution in [-0.2, 0) is 14.3 Å². The standard InChI is InChI=1S/C15H18O3S2.C9H11NS.CN.Na/c1-12-3-5-15(6-4-12)20(16,17)18-9-7-13(2)14-8-10-19-11-14;1-8(3-2-5-10)9-4-6-11-7-9;1-2;/h3-6,8,10-11,13H,7,9H2,1-2H3;4,6-8H,2-3H2,1H3;;/q;;-1;+1. The summed E-state index contributed by atoms with van der Waals surface area (Å²) >= 11 is 3.36. The molecule has 2 atom stereocenters. The first kappa shape index (κ1) is 32.5. The molecule has 176 valence electrons. The first-order valence-corrected chi connectivity index (χ1v) is 13.7. The van der Waals surface area contributed by atoms with Gasteiger partial charge < -0.3 is 11.8 Å². The van der Waals surface area contributed by atoms with Gasteiger partial charge in [0.2, 0.25) is 0 Å². The molecule has 0 radical (unpaired) electrons. The van der Waals surface area contributed by atoms with Crippen molar-refractivity contribution in [2.45, 2.75) is 56.8 Å². The zero-order chi connectivity index (χ0) is 24.7. The smallest absolute Gasteiger partial charge is 0.512 e.